The van der Waals surface area contributed by atoms with Gasteiger partial charge < -0.3 is 4.52 Å². The maximum atomic E-state index is 5.29. The molecule has 2 aromatic heterocycles. The minimum atomic E-state index is 0.749. The van der Waals surface area contributed by atoms with Gasteiger partial charge >= 0.3 is 0 Å². The van der Waals surface area contributed by atoms with Crippen molar-refractivity contribution >= 4 is 0 Å². The van der Waals surface area contributed by atoms with Gasteiger partial charge in [-0.25, -0.2) is 0 Å². The Morgan fingerprint density at radius 1 is 1.05 bits per heavy atom. The summed E-state index contributed by atoms with van der Waals surface area (Å²) in [6.07, 6.45) is 5.61. The van der Waals surface area contributed by atoms with Crippen molar-refractivity contribution in [1.29, 1.82) is 0 Å². The predicted molar refractivity (Wildman–Crippen MR) is 79.2 cm³/mol. The van der Waals surface area contributed by atoms with Gasteiger partial charge in [0.05, 0.1) is 6.20 Å². The number of pyridine rings is 1. The van der Waals surface area contributed by atoms with Crippen molar-refractivity contribution in [1.82, 2.24) is 10.1 Å². The van der Waals surface area contributed by atoms with Crippen molar-refractivity contribution in [2.45, 2.75) is 19.8 Å². The number of hydrogen-bond donors (Lipinski definition) is 0. The second kappa shape index (κ2) is 5.70. The predicted octanol–water partition coefficient (Wildman–Crippen LogP) is 4.36. The van der Waals surface area contributed by atoms with Crippen molar-refractivity contribution in [3.63, 3.8) is 0 Å². The molecule has 0 saturated heterocycles. The van der Waals surface area contributed by atoms with E-state index in [-0.39, 0.29) is 0 Å². The second-order valence-corrected chi connectivity index (χ2v) is 4.71. The van der Waals surface area contributed by atoms with Crippen molar-refractivity contribution < 1.29 is 4.52 Å². The Morgan fingerprint density at radius 2 is 1.90 bits per heavy atom. The smallest absolute Gasteiger partial charge is 0.168 e. The Labute approximate surface area is 118 Å². The number of hydrogen-bond acceptors (Lipinski definition) is 3. The van der Waals surface area contributed by atoms with Gasteiger partial charge in [0, 0.05) is 23.5 Å². The molecule has 0 saturated carbocycles. The molecule has 3 heteroatoms. The summed E-state index contributed by atoms with van der Waals surface area (Å²) >= 11 is 0. The Kier molecular flexibility index (Phi) is 3.59. The van der Waals surface area contributed by atoms with Gasteiger partial charge in [-0.1, -0.05) is 48.8 Å². The van der Waals surface area contributed by atoms with Crippen LogP contribution in [-0.4, -0.2) is 10.1 Å². The van der Waals surface area contributed by atoms with Gasteiger partial charge in [0.2, 0.25) is 0 Å². The van der Waals surface area contributed by atoms with E-state index in [0.717, 1.165) is 35.4 Å². The first-order chi connectivity index (χ1) is 9.88. The SMILES string of the molecule is CCCc1cc(-c2ccccc2)c(-c2ccno2)cn1. The lowest BCUT2D eigenvalue weighted by atomic mass is 9.98. The molecule has 1 aromatic carbocycles. The zero-order valence-electron chi connectivity index (χ0n) is 11.4. The lowest BCUT2D eigenvalue weighted by molar-refractivity contribution is 0.432. The molecule has 0 amide bonds. The minimum Gasteiger partial charge on any atom is -0.356 e. The molecule has 0 N–H and O–H groups in total. The number of nitrogens with zero attached hydrogens (tertiary/aromatic N) is 2. The Bertz CT molecular complexity index is 675. The maximum Gasteiger partial charge on any atom is 0.168 e. The molecule has 0 aliphatic carbocycles. The van der Waals surface area contributed by atoms with Crippen LogP contribution < -0.4 is 0 Å². The third-order valence-corrected chi connectivity index (χ3v) is 3.25. The summed E-state index contributed by atoms with van der Waals surface area (Å²) < 4.78 is 5.29. The van der Waals surface area contributed by atoms with E-state index in [1.807, 2.05) is 30.5 Å². The van der Waals surface area contributed by atoms with Crippen LogP contribution in [0.5, 0.6) is 0 Å². The molecule has 3 nitrogen and oxygen atoms in total. The number of aromatic nitrogens is 2. The number of rotatable bonds is 4. The van der Waals surface area contributed by atoms with Gasteiger partial charge in [-0.15, -0.1) is 0 Å². The molecule has 0 aliphatic rings. The van der Waals surface area contributed by atoms with Crippen molar-refractivity contribution in [3.05, 3.63) is 60.6 Å². The highest BCUT2D eigenvalue weighted by molar-refractivity contribution is 5.80. The second-order valence-electron chi connectivity index (χ2n) is 4.71. The summed E-state index contributed by atoms with van der Waals surface area (Å²) in [7, 11) is 0. The Morgan fingerprint density at radius 3 is 2.60 bits per heavy atom. The largest absolute Gasteiger partial charge is 0.356 e. The molecule has 3 rings (SSSR count). The molecular formula is C17H16N2O. The fourth-order valence-electron chi connectivity index (χ4n) is 2.30. The first kappa shape index (κ1) is 12.6. The van der Waals surface area contributed by atoms with Gasteiger partial charge in [-0.05, 0) is 23.6 Å². The number of aryl methyl sites for hydroxylation is 1. The van der Waals surface area contributed by atoms with E-state index in [4.69, 9.17) is 4.52 Å². The fourth-order valence-corrected chi connectivity index (χ4v) is 2.30. The molecule has 0 fully saturated rings. The Hall–Kier alpha value is -2.42. The van der Waals surface area contributed by atoms with Crippen molar-refractivity contribution in [2.75, 3.05) is 0 Å². The normalized spacial score (nSPS) is 10.7. The molecule has 0 aliphatic heterocycles. The first-order valence-corrected chi connectivity index (χ1v) is 6.84. The van der Waals surface area contributed by atoms with Crippen molar-refractivity contribution in [2.24, 2.45) is 0 Å². The highest BCUT2D eigenvalue weighted by Crippen LogP contribution is 2.31. The first-order valence-electron chi connectivity index (χ1n) is 6.84. The summed E-state index contributed by atoms with van der Waals surface area (Å²) in [5.74, 6) is 0.749. The van der Waals surface area contributed by atoms with Crippen LogP contribution in [0.3, 0.4) is 0 Å². The van der Waals surface area contributed by atoms with E-state index in [9.17, 15) is 0 Å². The monoisotopic (exact) mass is 264 g/mol. The highest BCUT2D eigenvalue weighted by Gasteiger charge is 2.12. The maximum absolute atomic E-state index is 5.29. The van der Waals surface area contributed by atoms with Gasteiger partial charge in [0.25, 0.3) is 0 Å². The summed E-state index contributed by atoms with van der Waals surface area (Å²) in [6, 6.07) is 14.3. The van der Waals surface area contributed by atoms with Crippen LogP contribution in [0.25, 0.3) is 22.5 Å². The summed E-state index contributed by atoms with van der Waals surface area (Å²) in [6.45, 7) is 2.16. The molecule has 3 aromatic rings. The lowest BCUT2D eigenvalue weighted by Gasteiger charge is -2.09. The molecule has 0 spiro atoms. The molecule has 0 atom stereocenters. The Balaban J connectivity index is 2.15. The molecule has 20 heavy (non-hydrogen) atoms. The van der Waals surface area contributed by atoms with Crippen LogP contribution >= 0.6 is 0 Å². The van der Waals surface area contributed by atoms with Crippen LogP contribution in [0.15, 0.2) is 59.4 Å². The minimum absolute atomic E-state index is 0.749. The molecule has 0 radical (unpaired) electrons. The standard InChI is InChI=1S/C17H16N2O/c1-2-6-14-11-15(13-7-4-3-5-8-13)16(12-18-14)17-9-10-19-20-17/h3-5,7-12H,2,6H2,1H3. The highest BCUT2D eigenvalue weighted by atomic mass is 16.5. The van der Waals surface area contributed by atoms with Crippen LogP contribution in [-0.2, 0) is 6.42 Å². The van der Waals surface area contributed by atoms with Gasteiger partial charge in [-0.3, -0.25) is 4.98 Å². The topological polar surface area (TPSA) is 38.9 Å². The summed E-state index contributed by atoms with van der Waals surface area (Å²) in [5, 5.41) is 3.79. The van der Waals surface area contributed by atoms with Crippen LogP contribution in [0.2, 0.25) is 0 Å². The molecule has 2 heterocycles. The van der Waals surface area contributed by atoms with Crippen LogP contribution in [0.4, 0.5) is 0 Å². The average molecular weight is 264 g/mol. The molecule has 0 bridgehead atoms. The van der Waals surface area contributed by atoms with E-state index in [2.05, 4.69) is 35.3 Å². The van der Waals surface area contributed by atoms with Gasteiger partial charge in [0.1, 0.15) is 0 Å². The fraction of sp³-hybridized carbons (Fsp3) is 0.176. The zero-order valence-corrected chi connectivity index (χ0v) is 11.4. The van der Waals surface area contributed by atoms with Crippen molar-refractivity contribution in [3.8, 4) is 22.5 Å². The van der Waals surface area contributed by atoms with E-state index in [1.54, 1.807) is 6.20 Å². The third-order valence-electron chi connectivity index (χ3n) is 3.25. The molecular weight excluding hydrogens is 248 g/mol. The van der Waals surface area contributed by atoms with E-state index < -0.39 is 0 Å². The third kappa shape index (κ3) is 2.48. The van der Waals surface area contributed by atoms with Gasteiger partial charge in [0.15, 0.2) is 5.76 Å². The van der Waals surface area contributed by atoms with Crippen LogP contribution in [0.1, 0.15) is 19.0 Å². The number of benzene rings is 1. The molecule has 100 valence electrons. The average Bonchev–Trinajstić information content (AvgIpc) is 3.03. The van der Waals surface area contributed by atoms with E-state index in [0.29, 0.717) is 0 Å². The van der Waals surface area contributed by atoms with Gasteiger partial charge in [-0.2, -0.15) is 0 Å². The summed E-state index contributed by atoms with van der Waals surface area (Å²) in [4.78, 5) is 4.52. The summed E-state index contributed by atoms with van der Waals surface area (Å²) in [5.41, 5.74) is 4.39. The van der Waals surface area contributed by atoms with E-state index >= 15 is 0 Å². The molecule has 0 unspecified atom stereocenters. The van der Waals surface area contributed by atoms with E-state index in [1.165, 1.54) is 5.56 Å². The van der Waals surface area contributed by atoms with Crippen LogP contribution in [0, 0.1) is 0 Å². The zero-order chi connectivity index (χ0) is 13.8. The quantitative estimate of drug-likeness (QED) is 0.703. The lowest BCUT2D eigenvalue weighted by Crippen LogP contribution is -1.93.